The van der Waals surface area contributed by atoms with Crippen LogP contribution in [0.2, 0.25) is 0 Å². The second-order valence-corrected chi connectivity index (χ2v) is 5.93. The van der Waals surface area contributed by atoms with Gasteiger partial charge in [-0.2, -0.15) is 0 Å². The van der Waals surface area contributed by atoms with Gasteiger partial charge in [-0.15, -0.1) is 0 Å². The minimum Gasteiger partial charge on any atom is -0.424 e. The summed E-state index contributed by atoms with van der Waals surface area (Å²) < 4.78 is 10.1. The summed E-state index contributed by atoms with van der Waals surface area (Å²) in [6, 6.07) is 10.1. The van der Waals surface area contributed by atoms with Crippen molar-refractivity contribution in [3.8, 4) is 22.6 Å². The summed E-state index contributed by atoms with van der Waals surface area (Å²) in [4.78, 5) is 42.0. The Morgan fingerprint density at radius 1 is 0.690 bits per heavy atom. The molecule has 0 aliphatic carbocycles. The molecule has 0 aliphatic rings. The molecular weight excluding hydrogens is 378 g/mol. The number of nitrogens with one attached hydrogen (secondary N) is 1. The van der Waals surface area contributed by atoms with E-state index in [0.717, 1.165) is 11.1 Å². The summed E-state index contributed by atoms with van der Waals surface area (Å²) in [6.45, 7) is 5.19. The lowest BCUT2D eigenvalue weighted by molar-refractivity contribution is -0.132. The first-order chi connectivity index (χ1) is 13.5. The van der Waals surface area contributed by atoms with Crippen molar-refractivity contribution in [3.05, 3.63) is 36.4 Å². The van der Waals surface area contributed by atoms with Gasteiger partial charge in [0, 0.05) is 27.7 Å². The second-order valence-electron chi connectivity index (χ2n) is 5.93. The molecule has 2 rings (SSSR count). The third-order valence-electron chi connectivity index (χ3n) is 3.22. The molecular formula is C20H23N3O6. The first-order valence-electron chi connectivity index (χ1n) is 8.44. The molecule has 2 aromatic carbocycles. The second kappa shape index (κ2) is 10.5. The number of nitrogen functional groups attached to an aromatic ring is 2. The Kier molecular flexibility index (Phi) is 8.35. The molecule has 9 nitrogen and oxygen atoms in total. The van der Waals surface area contributed by atoms with Crippen molar-refractivity contribution in [2.45, 2.75) is 27.7 Å². The van der Waals surface area contributed by atoms with Crippen LogP contribution in [0.3, 0.4) is 0 Å². The van der Waals surface area contributed by atoms with Gasteiger partial charge in [-0.05, 0) is 35.4 Å². The van der Waals surface area contributed by atoms with Crippen LogP contribution in [0, 0.1) is 0 Å². The van der Waals surface area contributed by atoms with E-state index in [9.17, 15) is 19.2 Å². The fourth-order valence-electron chi connectivity index (χ4n) is 2.16. The van der Waals surface area contributed by atoms with Crippen LogP contribution in [0.1, 0.15) is 27.7 Å². The maximum Gasteiger partial charge on any atom is 0.308 e. The summed E-state index contributed by atoms with van der Waals surface area (Å²) in [5.41, 5.74) is 13.7. The molecule has 0 unspecified atom stereocenters. The highest BCUT2D eigenvalue weighted by Gasteiger charge is 2.10. The quantitative estimate of drug-likeness (QED) is 0.401. The molecule has 9 heteroatoms. The third-order valence-corrected chi connectivity index (χ3v) is 3.22. The standard InChI is InChI=1S/C16H16N2O4.C4H7NO2/c1-9(19)21-15-7-11(3-5-13(15)17)12-4-6-14(18)16(8-12)22-10(2)20;1-3(6)5-4(2)7/h3-8H,17-18H2,1-2H3;1-2H3,(H,5,6,7). The number of esters is 2. The number of anilines is 2. The minimum atomic E-state index is -0.457. The zero-order valence-corrected chi connectivity index (χ0v) is 16.6. The maximum absolute atomic E-state index is 11.1. The molecule has 29 heavy (non-hydrogen) atoms. The van der Waals surface area contributed by atoms with Crippen molar-refractivity contribution < 1.29 is 28.7 Å². The Morgan fingerprint density at radius 2 is 1.03 bits per heavy atom. The number of ether oxygens (including phenoxy) is 2. The normalized spacial score (nSPS) is 9.52. The Hall–Kier alpha value is -3.88. The molecule has 2 amide bonds. The van der Waals surface area contributed by atoms with Crippen LogP contribution >= 0.6 is 0 Å². The third kappa shape index (κ3) is 8.12. The number of amides is 2. The smallest absolute Gasteiger partial charge is 0.308 e. The summed E-state index contributed by atoms with van der Waals surface area (Å²) in [5, 5.41) is 2.03. The molecule has 0 radical (unpaired) electrons. The van der Waals surface area contributed by atoms with Crippen molar-refractivity contribution >= 4 is 35.1 Å². The van der Waals surface area contributed by atoms with Crippen LogP contribution in [0.4, 0.5) is 11.4 Å². The van der Waals surface area contributed by atoms with Gasteiger partial charge in [0.25, 0.3) is 0 Å². The summed E-state index contributed by atoms with van der Waals surface area (Å²) in [6.07, 6.45) is 0. The van der Waals surface area contributed by atoms with Gasteiger partial charge in [0.15, 0.2) is 11.5 Å². The number of hydrogen-bond acceptors (Lipinski definition) is 8. The molecule has 0 fully saturated rings. The van der Waals surface area contributed by atoms with E-state index >= 15 is 0 Å². The lowest BCUT2D eigenvalue weighted by Gasteiger charge is -2.11. The molecule has 0 heterocycles. The monoisotopic (exact) mass is 401 g/mol. The van der Waals surface area contributed by atoms with Gasteiger partial charge in [0.05, 0.1) is 11.4 Å². The van der Waals surface area contributed by atoms with E-state index in [1.54, 1.807) is 36.4 Å². The van der Waals surface area contributed by atoms with E-state index in [2.05, 4.69) is 0 Å². The zero-order chi connectivity index (χ0) is 22.1. The van der Waals surface area contributed by atoms with Crippen molar-refractivity contribution in [1.29, 1.82) is 0 Å². The van der Waals surface area contributed by atoms with Crippen LogP contribution in [0.25, 0.3) is 11.1 Å². The first kappa shape index (κ1) is 23.2. The fourth-order valence-corrected chi connectivity index (χ4v) is 2.16. The molecule has 154 valence electrons. The number of benzene rings is 2. The molecule has 0 saturated heterocycles. The fraction of sp³-hybridized carbons (Fsp3) is 0.200. The number of imide groups is 1. The topological polar surface area (TPSA) is 151 Å². The van der Waals surface area contributed by atoms with Gasteiger partial charge in [-0.1, -0.05) is 12.1 Å². The Morgan fingerprint density at radius 3 is 1.28 bits per heavy atom. The van der Waals surface area contributed by atoms with Crippen LogP contribution in [0.5, 0.6) is 11.5 Å². The van der Waals surface area contributed by atoms with Gasteiger partial charge >= 0.3 is 11.9 Å². The Balaban J connectivity index is 0.000000516. The minimum absolute atomic E-state index is 0.274. The zero-order valence-electron chi connectivity index (χ0n) is 16.6. The largest absolute Gasteiger partial charge is 0.424 e. The van der Waals surface area contributed by atoms with Gasteiger partial charge in [-0.25, -0.2) is 0 Å². The SMILES string of the molecule is CC(=O)NC(C)=O.CC(=O)Oc1cc(-c2ccc(N)c(OC(C)=O)c2)ccc1N. The van der Waals surface area contributed by atoms with E-state index in [1.165, 1.54) is 27.7 Å². The number of carbonyl (C=O) groups is 4. The van der Waals surface area contributed by atoms with E-state index in [-0.39, 0.29) is 23.3 Å². The molecule has 0 atom stereocenters. The lowest BCUT2D eigenvalue weighted by atomic mass is 10.0. The van der Waals surface area contributed by atoms with E-state index in [0.29, 0.717) is 11.4 Å². The summed E-state index contributed by atoms with van der Waals surface area (Å²) in [5.74, 6) is -0.991. The highest BCUT2D eigenvalue weighted by Crippen LogP contribution is 2.33. The van der Waals surface area contributed by atoms with Crippen molar-refractivity contribution in [1.82, 2.24) is 5.32 Å². The maximum atomic E-state index is 11.1. The molecule has 0 saturated carbocycles. The number of hydrogen-bond donors (Lipinski definition) is 3. The average Bonchev–Trinajstić information content (AvgIpc) is 2.57. The predicted molar refractivity (Wildman–Crippen MR) is 108 cm³/mol. The first-order valence-corrected chi connectivity index (χ1v) is 8.44. The van der Waals surface area contributed by atoms with Crippen molar-refractivity contribution in [2.24, 2.45) is 0 Å². The molecule has 0 aliphatic heterocycles. The predicted octanol–water partition coefficient (Wildman–Crippen LogP) is 2.04. The molecule has 5 N–H and O–H groups in total. The van der Waals surface area contributed by atoms with Crippen LogP contribution < -0.4 is 26.3 Å². The van der Waals surface area contributed by atoms with E-state index in [4.69, 9.17) is 20.9 Å². The molecule has 2 aromatic rings. The summed E-state index contributed by atoms with van der Waals surface area (Å²) >= 11 is 0. The van der Waals surface area contributed by atoms with Gasteiger partial charge in [0.2, 0.25) is 11.8 Å². The molecule has 0 aromatic heterocycles. The van der Waals surface area contributed by atoms with Crippen LogP contribution in [-0.4, -0.2) is 23.8 Å². The van der Waals surface area contributed by atoms with E-state index in [1.807, 2.05) is 5.32 Å². The highest BCUT2D eigenvalue weighted by atomic mass is 16.5. The number of rotatable bonds is 3. The van der Waals surface area contributed by atoms with Gasteiger partial charge in [0.1, 0.15) is 0 Å². The number of nitrogens with two attached hydrogens (primary N) is 2. The van der Waals surface area contributed by atoms with Gasteiger partial charge < -0.3 is 20.9 Å². The molecule has 0 bridgehead atoms. The summed E-state index contributed by atoms with van der Waals surface area (Å²) in [7, 11) is 0. The van der Waals surface area contributed by atoms with Crippen LogP contribution in [-0.2, 0) is 19.2 Å². The Bertz CT molecular complexity index is 864. The number of carbonyl (C=O) groups excluding carboxylic acids is 4. The lowest BCUT2D eigenvalue weighted by Crippen LogP contribution is -2.24. The molecule has 0 spiro atoms. The Labute approximate surface area is 168 Å². The van der Waals surface area contributed by atoms with E-state index < -0.39 is 11.9 Å². The van der Waals surface area contributed by atoms with Gasteiger partial charge in [-0.3, -0.25) is 24.5 Å². The van der Waals surface area contributed by atoms with Crippen molar-refractivity contribution in [2.75, 3.05) is 11.5 Å². The highest BCUT2D eigenvalue weighted by molar-refractivity contribution is 5.92. The van der Waals surface area contributed by atoms with Crippen LogP contribution in [0.15, 0.2) is 36.4 Å². The van der Waals surface area contributed by atoms with Crippen molar-refractivity contribution in [3.63, 3.8) is 0 Å². The average molecular weight is 401 g/mol.